The molecule has 1 aromatic heterocycles. The highest BCUT2D eigenvalue weighted by molar-refractivity contribution is 8.03. The van der Waals surface area contributed by atoms with Crippen LogP contribution in [-0.2, 0) is 9.53 Å². The summed E-state index contributed by atoms with van der Waals surface area (Å²) in [4.78, 5) is 36.7. The Morgan fingerprint density at radius 2 is 2.00 bits per heavy atom. The van der Waals surface area contributed by atoms with E-state index >= 15 is 0 Å². The first-order valence-corrected chi connectivity index (χ1v) is 10.5. The number of carbonyl (C=O) groups is 2. The van der Waals surface area contributed by atoms with Gasteiger partial charge in [-0.05, 0) is 20.3 Å². The molecule has 0 radical (unpaired) electrons. The van der Waals surface area contributed by atoms with Crippen molar-refractivity contribution in [3.63, 3.8) is 0 Å². The highest BCUT2D eigenvalue weighted by Gasteiger charge is 2.18. The maximum atomic E-state index is 12.4. The lowest BCUT2D eigenvalue weighted by Crippen LogP contribution is -2.38. The van der Waals surface area contributed by atoms with Gasteiger partial charge in [-0.3, -0.25) is 14.9 Å². The number of esters is 1. The fourth-order valence-corrected chi connectivity index (χ4v) is 3.41. The number of aliphatic imine (C=N–C) groups is 1. The van der Waals surface area contributed by atoms with E-state index in [4.69, 9.17) is 33.5 Å². The Bertz CT molecular complexity index is 876. The lowest BCUT2D eigenvalue weighted by molar-refractivity contribution is -0.143. The van der Waals surface area contributed by atoms with Crippen LogP contribution in [-0.4, -0.2) is 46.8 Å². The number of amides is 1. The molecule has 8 N–H and O–H groups in total. The molecule has 0 aliphatic rings. The number of aromatic nitrogens is 2. The van der Waals surface area contributed by atoms with Gasteiger partial charge in [0.15, 0.2) is 28.4 Å². The number of anilines is 2. The van der Waals surface area contributed by atoms with E-state index in [-0.39, 0.29) is 40.8 Å². The second-order valence-electron chi connectivity index (χ2n) is 5.84. The zero-order chi connectivity index (χ0) is 23.4. The maximum Gasteiger partial charge on any atom is 0.306 e. The van der Waals surface area contributed by atoms with Crippen molar-refractivity contribution in [3.8, 4) is 0 Å². The zero-order valence-corrected chi connectivity index (χ0v) is 19.1. The van der Waals surface area contributed by atoms with Crippen LogP contribution in [0.5, 0.6) is 0 Å². The fraction of sp³-hybridized carbons (Fsp3) is 0.389. The summed E-state index contributed by atoms with van der Waals surface area (Å²) in [6.07, 6.45) is 6.02. The molecule has 0 fully saturated rings. The summed E-state index contributed by atoms with van der Waals surface area (Å²) < 4.78 is 4.96. The monoisotopic (exact) mass is 470 g/mol. The Morgan fingerprint density at radius 3 is 2.61 bits per heavy atom. The van der Waals surface area contributed by atoms with Crippen molar-refractivity contribution in [1.29, 1.82) is 0 Å². The number of nitrogens with two attached hydrogens (primary N) is 3. The third-order valence-electron chi connectivity index (χ3n) is 3.44. The van der Waals surface area contributed by atoms with E-state index in [9.17, 15) is 9.59 Å². The van der Waals surface area contributed by atoms with Crippen LogP contribution in [0.3, 0.4) is 0 Å². The summed E-state index contributed by atoms with van der Waals surface area (Å²) >= 11 is 7.15. The van der Waals surface area contributed by atoms with Gasteiger partial charge in [0, 0.05) is 18.2 Å². The Hall–Kier alpha value is -2.99. The molecule has 0 saturated carbocycles. The molecule has 0 aromatic carbocycles. The Morgan fingerprint density at radius 1 is 1.29 bits per heavy atom. The Kier molecular flexibility index (Phi) is 11.2. The van der Waals surface area contributed by atoms with Gasteiger partial charge >= 0.3 is 5.97 Å². The van der Waals surface area contributed by atoms with E-state index in [2.05, 4.69) is 25.6 Å². The molecule has 1 aromatic rings. The lowest BCUT2D eigenvalue weighted by Gasteiger charge is -2.13. The van der Waals surface area contributed by atoms with Crippen molar-refractivity contribution in [2.75, 3.05) is 25.1 Å². The first kappa shape index (κ1) is 26.0. The number of hydrogen-bond donors (Lipinski definition) is 5. The number of rotatable bonds is 10. The molecule has 0 saturated heterocycles. The largest absolute Gasteiger partial charge is 0.466 e. The van der Waals surface area contributed by atoms with Crippen LogP contribution in [0.1, 0.15) is 37.2 Å². The maximum absolute atomic E-state index is 12.4. The standard InChI is InChI=1S/C18H27ClN8O3S/c1-4-6-11(31-10(9-23-3)7-8-12(28)30-5-2)24-18(22)27-17(29)13-15(20)26-16(21)14(19)25-13/h4,6,9,11,23H,5,7-8H2,1-3H3,(H4,20,21,26)(H3,22,24,27,29)/b6-4-,10-9-. The highest BCUT2D eigenvalue weighted by atomic mass is 35.5. The first-order chi connectivity index (χ1) is 14.7. The van der Waals surface area contributed by atoms with Crippen molar-refractivity contribution in [1.82, 2.24) is 20.6 Å². The number of ether oxygens (including phenoxy) is 1. The minimum absolute atomic E-state index is 0.0893. The molecule has 1 rings (SSSR count). The normalized spacial score (nSPS) is 13.2. The van der Waals surface area contributed by atoms with Crippen LogP contribution in [0.25, 0.3) is 0 Å². The van der Waals surface area contributed by atoms with Crippen LogP contribution < -0.4 is 27.8 Å². The van der Waals surface area contributed by atoms with Gasteiger partial charge in [-0.25, -0.2) is 15.0 Å². The summed E-state index contributed by atoms with van der Waals surface area (Å²) in [5.41, 5.74) is 16.8. The molecule has 1 unspecified atom stereocenters. The number of nitrogens with zero attached hydrogens (tertiary/aromatic N) is 3. The minimum atomic E-state index is -0.731. The summed E-state index contributed by atoms with van der Waals surface area (Å²) in [5.74, 6) is -1.46. The zero-order valence-electron chi connectivity index (χ0n) is 17.5. The Labute approximate surface area is 189 Å². The molecule has 1 heterocycles. The van der Waals surface area contributed by atoms with Gasteiger partial charge in [0.25, 0.3) is 5.91 Å². The molecule has 0 aliphatic heterocycles. The average molecular weight is 471 g/mol. The number of guanidine groups is 1. The predicted molar refractivity (Wildman–Crippen MR) is 124 cm³/mol. The number of thioether (sulfide) groups is 1. The van der Waals surface area contributed by atoms with E-state index < -0.39 is 11.3 Å². The number of allylic oxidation sites excluding steroid dienone is 2. The first-order valence-electron chi connectivity index (χ1n) is 9.26. The van der Waals surface area contributed by atoms with Crippen molar-refractivity contribution in [2.24, 2.45) is 10.7 Å². The number of carbonyl (C=O) groups excluding carboxylic acids is 2. The molecule has 11 nitrogen and oxygen atoms in total. The summed E-state index contributed by atoms with van der Waals surface area (Å²) in [5, 5.41) is 4.71. The summed E-state index contributed by atoms with van der Waals surface area (Å²) in [7, 11) is 1.75. The molecule has 0 aliphatic carbocycles. The van der Waals surface area contributed by atoms with Gasteiger partial charge in [0.1, 0.15) is 5.37 Å². The second-order valence-corrected chi connectivity index (χ2v) is 7.44. The van der Waals surface area contributed by atoms with E-state index in [0.717, 1.165) is 4.91 Å². The molecule has 13 heteroatoms. The van der Waals surface area contributed by atoms with Gasteiger partial charge in [0.2, 0.25) is 0 Å². The van der Waals surface area contributed by atoms with E-state index in [1.54, 1.807) is 32.3 Å². The number of halogens is 1. The van der Waals surface area contributed by atoms with E-state index in [1.807, 2.05) is 6.92 Å². The number of nitrogens with one attached hydrogen (secondary N) is 2. The van der Waals surface area contributed by atoms with Crippen LogP contribution in [0.2, 0.25) is 5.15 Å². The molecular formula is C18H27ClN8O3S. The summed E-state index contributed by atoms with van der Waals surface area (Å²) in [6.45, 7) is 3.90. The number of hydrogen-bond acceptors (Lipinski definition) is 10. The quantitative estimate of drug-likeness (QED) is 0.145. The minimum Gasteiger partial charge on any atom is -0.466 e. The third kappa shape index (κ3) is 9.13. The lowest BCUT2D eigenvalue weighted by atomic mass is 10.3. The summed E-state index contributed by atoms with van der Waals surface area (Å²) in [6, 6.07) is 0. The van der Waals surface area contributed by atoms with Gasteiger partial charge in [-0.1, -0.05) is 35.5 Å². The van der Waals surface area contributed by atoms with Gasteiger partial charge in [-0.15, -0.1) is 0 Å². The topological polar surface area (TPSA) is 184 Å². The molecule has 0 spiro atoms. The van der Waals surface area contributed by atoms with Crippen molar-refractivity contribution < 1.29 is 14.3 Å². The molecule has 31 heavy (non-hydrogen) atoms. The molecule has 1 atom stereocenters. The predicted octanol–water partition coefficient (Wildman–Crippen LogP) is 1.38. The van der Waals surface area contributed by atoms with Crippen molar-refractivity contribution >= 4 is 52.8 Å². The van der Waals surface area contributed by atoms with Gasteiger partial charge in [-0.2, -0.15) is 0 Å². The van der Waals surface area contributed by atoms with Crippen LogP contribution in [0.4, 0.5) is 11.6 Å². The van der Waals surface area contributed by atoms with E-state index in [0.29, 0.717) is 13.0 Å². The van der Waals surface area contributed by atoms with Crippen LogP contribution in [0, 0.1) is 0 Å². The van der Waals surface area contributed by atoms with Crippen LogP contribution in [0.15, 0.2) is 28.2 Å². The van der Waals surface area contributed by atoms with Gasteiger partial charge < -0.3 is 27.3 Å². The smallest absolute Gasteiger partial charge is 0.306 e. The van der Waals surface area contributed by atoms with Gasteiger partial charge in [0.05, 0.1) is 13.0 Å². The second kappa shape index (κ2) is 13.3. The molecule has 1 amide bonds. The van der Waals surface area contributed by atoms with Crippen molar-refractivity contribution in [2.45, 2.75) is 32.1 Å². The Balaban J connectivity index is 2.91. The number of nitrogen functional groups attached to an aromatic ring is 2. The highest BCUT2D eigenvalue weighted by Crippen LogP contribution is 2.27. The SMILES string of the molecule is C/C=C\C(N=C(N)NC(=O)c1nc(Cl)c(N)nc1N)S/C(=C\NC)CCC(=O)OCC. The fourth-order valence-electron chi connectivity index (χ4n) is 2.17. The van der Waals surface area contributed by atoms with Crippen molar-refractivity contribution in [3.05, 3.63) is 34.1 Å². The molecule has 170 valence electrons. The van der Waals surface area contributed by atoms with Crippen LogP contribution >= 0.6 is 23.4 Å². The molecular weight excluding hydrogens is 444 g/mol. The average Bonchev–Trinajstić information content (AvgIpc) is 2.69. The van der Waals surface area contributed by atoms with E-state index in [1.165, 1.54) is 11.8 Å². The molecule has 0 bridgehead atoms. The third-order valence-corrected chi connectivity index (χ3v) is 4.85.